The van der Waals surface area contributed by atoms with E-state index in [0.717, 1.165) is 46.9 Å². The van der Waals surface area contributed by atoms with Crippen molar-refractivity contribution in [1.82, 2.24) is 19.6 Å². The number of aliphatic imine (C=N–C) groups is 1. The number of likely N-dealkylation sites (tertiary alicyclic amines) is 1. The van der Waals surface area contributed by atoms with Gasteiger partial charge in [-0.05, 0) is 48.4 Å². The molecule has 7 rings (SSSR count). The van der Waals surface area contributed by atoms with Gasteiger partial charge in [0.2, 0.25) is 0 Å². The average Bonchev–Trinajstić information content (AvgIpc) is 3.80. The number of aromatic nitrogens is 2. The maximum absolute atomic E-state index is 13.8. The van der Waals surface area contributed by atoms with Crippen LogP contribution in [0.4, 0.5) is 0 Å². The normalized spacial score (nSPS) is 26.9. The van der Waals surface area contributed by atoms with Gasteiger partial charge in [0.1, 0.15) is 11.9 Å². The van der Waals surface area contributed by atoms with Crippen LogP contribution < -0.4 is 0 Å². The first-order chi connectivity index (χ1) is 19.0. The van der Waals surface area contributed by atoms with E-state index in [-0.39, 0.29) is 23.8 Å². The zero-order valence-corrected chi connectivity index (χ0v) is 22.2. The van der Waals surface area contributed by atoms with Gasteiger partial charge in [0, 0.05) is 57.3 Å². The van der Waals surface area contributed by atoms with E-state index in [1.54, 1.807) is 0 Å². The molecule has 3 fully saturated rings. The van der Waals surface area contributed by atoms with Gasteiger partial charge >= 0.3 is 0 Å². The van der Waals surface area contributed by atoms with Crippen LogP contribution in [0, 0.1) is 5.92 Å². The fourth-order valence-corrected chi connectivity index (χ4v) is 6.43. The van der Waals surface area contributed by atoms with Crippen molar-refractivity contribution in [2.24, 2.45) is 18.0 Å². The number of carbonyl (C=O) groups is 2. The Morgan fingerprint density at radius 3 is 2.67 bits per heavy atom. The second-order valence-electron chi connectivity index (χ2n) is 11.2. The SMILES string of the molecule is Cn1ncc2cc(-c3ccc(C4=NC5(CCOC5)C(=O)N4CC4CCN(C(=O)C5CCCO5)C4)cc3)ccc21. The zero-order valence-electron chi connectivity index (χ0n) is 22.2. The summed E-state index contributed by atoms with van der Waals surface area (Å²) in [5, 5.41) is 5.45. The Labute approximate surface area is 227 Å². The molecule has 3 aromatic rings. The summed E-state index contributed by atoms with van der Waals surface area (Å²) in [6.45, 7) is 3.44. The highest BCUT2D eigenvalue weighted by molar-refractivity contribution is 6.15. The molecule has 1 spiro atoms. The molecule has 39 heavy (non-hydrogen) atoms. The van der Waals surface area contributed by atoms with Crippen molar-refractivity contribution in [2.75, 3.05) is 39.5 Å². The third-order valence-corrected chi connectivity index (χ3v) is 8.69. The van der Waals surface area contributed by atoms with Gasteiger partial charge in [0.15, 0.2) is 5.54 Å². The van der Waals surface area contributed by atoms with Crippen molar-refractivity contribution >= 4 is 28.6 Å². The van der Waals surface area contributed by atoms with Crippen LogP contribution in [0.2, 0.25) is 0 Å². The molecule has 0 saturated carbocycles. The Bertz CT molecular complexity index is 1450. The largest absolute Gasteiger partial charge is 0.378 e. The molecular weight excluding hydrogens is 494 g/mol. The predicted octanol–water partition coefficient (Wildman–Crippen LogP) is 3.02. The molecule has 0 aliphatic carbocycles. The number of hydrogen-bond acceptors (Lipinski definition) is 6. The molecule has 1 aromatic heterocycles. The Balaban J connectivity index is 1.12. The summed E-state index contributed by atoms with van der Waals surface area (Å²) < 4.78 is 13.1. The minimum atomic E-state index is -0.828. The summed E-state index contributed by atoms with van der Waals surface area (Å²) in [5.74, 6) is 1.03. The van der Waals surface area contributed by atoms with Gasteiger partial charge in [0.25, 0.3) is 11.8 Å². The monoisotopic (exact) mass is 527 g/mol. The van der Waals surface area contributed by atoms with E-state index >= 15 is 0 Å². The lowest BCUT2D eigenvalue weighted by molar-refractivity contribution is -0.139. The van der Waals surface area contributed by atoms with E-state index in [9.17, 15) is 9.59 Å². The smallest absolute Gasteiger partial charge is 0.258 e. The molecule has 2 amide bonds. The quantitative estimate of drug-likeness (QED) is 0.509. The summed E-state index contributed by atoms with van der Waals surface area (Å²) in [5.41, 5.74) is 3.40. The van der Waals surface area contributed by atoms with Crippen LogP contribution in [0.3, 0.4) is 0 Å². The molecule has 2 aromatic carbocycles. The van der Waals surface area contributed by atoms with Crippen molar-refractivity contribution in [3.8, 4) is 11.1 Å². The number of rotatable bonds is 5. The van der Waals surface area contributed by atoms with E-state index in [1.807, 2.05) is 27.7 Å². The molecule has 9 nitrogen and oxygen atoms in total. The highest BCUT2D eigenvalue weighted by atomic mass is 16.5. The number of fused-ring (bicyclic) bond motifs is 1. The maximum atomic E-state index is 13.8. The van der Waals surface area contributed by atoms with Crippen LogP contribution in [-0.4, -0.2) is 88.3 Å². The Hall–Kier alpha value is -3.56. The molecule has 202 valence electrons. The lowest BCUT2D eigenvalue weighted by Crippen LogP contribution is -2.45. The standard InChI is InChI=1S/C30H33N5O4/c1-33-25-9-8-23(15-24(25)16-31-33)21-4-6-22(7-5-21)27-32-30(11-14-38-19-30)29(37)35(27)18-20-10-12-34(17-20)28(36)26-3-2-13-39-26/h4-9,15-16,20,26H,2-3,10-14,17-19H2,1H3. The van der Waals surface area contributed by atoms with Crippen LogP contribution in [0.25, 0.3) is 22.0 Å². The van der Waals surface area contributed by atoms with E-state index in [1.165, 1.54) is 0 Å². The van der Waals surface area contributed by atoms with E-state index in [0.29, 0.717) is 51.7 Å². The van der Waals surface area contributed by atoms with Crippen molar-refractivity contribution in [3.63, 3.8) is 0 Å². The Morgan fingerprint density at radius 2 is 1.90 bits per heavy atom. The number of aryl methyl sites for hydroxylation is 1. The number of carbonyl (C=O) groups excluding carboxylic acids is 2. The molecule has 0 N–H and O–H groups in total. The molecule has 9 heteroatoms. The van der Waals surface area contributed by atoms with Crippen LogP contribution in [0.15, 0.2) is 53.7 Å². The first-order valence-electron chi connectivity index (χ1n) is 13.9. The molecule has 3 atom stereocenters. The lowest BCUT2D eigenvalue weighted by atomic mass is 9.98. The second-order valence-corrected chi connectivity index (χ2v) is 11.2. The van der Waals surface area contributed by atoms with Crippen molar-refractivity contribution in [3.05, 3.63) is 54.2 Å². The van der Waals surface area contributed by atoms with Gasteiger partial charge in [-0.15, -0.1) is 0 Å². The van der Waals surface area contributed by atoms with Crippen LogP contribution in [-0.2, 0) is 26.1 Å². The average molecular weight is 528 g/mol. The Morgan fingerprint density at radius 1 is 1.08 bits per heavy atom. The summed E-state index contributed by atoms with van der Waals surface area (Å²) in [6, 6.07) is 14.6. The van der Waals surface area contributed by atoms with Gasteiger partial charge in [0.05, 0.1) is 18.3 Å². The highest BCUT2D eigenvalue weighted by Crippen LogP contribution is 2.35. The number of ether oxygens (including phenoxy) is 2. The van der Waals surface area contributed by atoms with E-state index in [2.05, 4.69) is 47.6 Å². The van der Waals surface area contributed by atoms with Crippen LogP contribution >= 0.6 is 0 Å². The number of amides is 2. The summed E-state index contributed by atoms with van der Waals surface area (Å²) in [6.07, 6.45) is 4.79. The highest BCUT2D eigenvalue weighted by Gasteiger charge is 2.51. The van der Waals surface area contributed by atoms with E-state index < -0.39 is 5.54 Å². The minimum absolute atomic E-state index is 0.0185. The predicted molar refractivity (Wildman–Crippen MR) is 146 cm³/mol. The number of amidine groups is 1. The molecule has 3 unspecified atom stereocenters. The fraction of sp³-hybridized carbons (Fsp3) is 0.467. The third kappa shape index (κ3) is 4.24. The van der Waals surface area contributed by atoms with E-state index in [4.69, 9.17) is 14.5 Å². The molecular formula is C30H33N5O4. The maximum Gasteiger partial charge on any atom is 0.258 e. The molecule has 0 bridgehead atoms. The summed E-state index contributed by atoms with van der Waals surface area (Å²) in [4.78, 5) is 35.4. The number of hydrogen-bond donors (Lipinski definition) is 0. The number of benzene rings is 2. The molecule has 3 saturated heterocycles. The van der Waals surface area contributed by atoms with Crippen molar-refractivity contribution in [2.45, 2.75) is 37.3 Å². The summed E-state index contributed by atoms with van der Waals surface area (Å²) >= 11 is 0. The molecule has 0 radical (unpaired) electrons. The topological polar surface area (TPSA) is 89.3 Å². The summed E-state index contributed by atoms with van der Waals surface area (Å²) in [7, 11) is 1.94. The van der Waals surface area contributed by atoms with Crippen molar-refractivity contribution < 1.29 is 19.1 Å². The van der Waals surface area contributed by atoms with Crippen LogP contribution in [0.1, 0.15) is 31.2 Å². The minimum Gasteiger partial charge on any atom is -0.378 e. The molecule has 4 aliphatic rings. The van der Waals surface area contributed by atoms with Gasteiger partial charge in [-0.1, -0.05) is 30.3 Å². The second kappa shape index (κ2) is 9.57. The number of nitrogens with zero attached hydrogens (tertiary/aromatic N) is 5. The van der Waals surface area contributed by atoms with Gasteiger partial charge < -0.3 is 14.4 Å². The van der Waals surface area contributed by atoms with Gasteiger partial charge in [-0.2, -0.15) is 5.10 Å². The fourth-order valence-electron chi connectivity index (χ4n) is 6.43. The van der Waals surface area contributed by atoms with Crippen LogP contribution in [0.5, 0.6) is 0 Å². The van der Waals surface area contributed by atoms with Crippen molar-refractivity contribution in [1.29, 1.82) is 0 Å². The first kappa shape index (κ1) is 24.5. The molecule has 5 heterocycles. The lowest BCUT2D eigenvalue weighted by Gasteiger charge is -2.25. The first-order valence-corrected chi connectivity index (χ1v) is 13.9. The third-order valence-electron chi connectivity index (χ3n) is 8.69. The zero-order chi connectivity index (χ0) is 26.6. The molecule has 4 aliphatic heterocycles. The van der Waals surface area contributed by atoms with Gasteiger partial charge in [-0.3, -0.25) is 19.2 Å². The Kier molecular flexibility index (Phi) is 6.01. The van der Waals surface area contributed by atoms with Gasteiger partial charge in [-0.25, -0.2) is 4.99 Å².